The fourth-order valence-corrected chi connectivity index (χ4v) is 3.13. The first-order valence-electron chi connectivity index (χ1n) is 8.50. The number of nitrogens with zero attached hydrogens (tertiary/aromatic N) is 4. The standard InChI is InChI=1S/C17H23FN6O/c1-13(9-24-12-19-11-20-24)21-17(25)22-14-5-4-8-23(10-14)16-7-3-2-6-15(16)18/h2-3,6-7,11-14H,4-5,8-10H2,1H3,(H2,21,22,25). The van der Waals surface area contributed by atoms with Gasteiger partial charge in [0, 0.05) is 25.2 Å². The Kier molecular flexibility index (Phi) is 5.47. The van der Waals surface area contributed by atoms with Gasteiger partial charge in [-0.15, -0.1) is 0 Å². The van der Waals surface area contributed by atoms with Gasteiger partial charge in [-0.1, -0.05) is 12.1 Å². The van der Waals surface area contributed by atoms with Crippen molar-refractivity contribution in [2.45, 2.75) is 38.4 Å². The summed E-state index contributed by atoms with van der Waals surface area (Å²) in [5.74, 6) is -0.228. The molecule has 0 spiro atoms. The van der Waals surface area contributed by atoms with Gasteiger partial charge >= 0.3 is 6.03 Å². The van der Waals surface area contributed by atoms with Crippen LogP contribution in [0.25, 0.3) is 0 Å². The second kappa shape index (κ2) is 7.96. The molecule has 7 nitrogen and oxygen atoms in total. The topological polar surface area (TPSA) is 75.1 Å². The Morgan fingerprint density at radius 3 is 3.04 bits per heavy atom. The predicted octanol–water partition coefficient (Wildman–Crippen LogP) is 1.77. The highest BCUT2D eigenvalue weighted by molar-refractivity contribution is 5.74. The molecule has 1 aliphatic heterocycles. The van der Waals surface area contributed by atoms with E-state index in [2.05, 4.69) is 20.7 Å². The maximum absolute atomic E-state index is 14.0. The Morgan fingerprint density at radius 1 is 1.44 bits per heavy atom. The number of urea groups is 1. The van der Waals surface area contributed by atoms with Crippen LogP contribution in [0.15, 0.2) is 36.9 Å². The summed E-state index contributed by atoms with van der Waals surface area (Å²) in [4.78, 5) is 18.1. The molecule has 1 saturated heterocycles. The van der Waals surface area contributed by atoms with Crippen molar-refractivity contribution in [3.05, 3.63) is 42.7 Å². The Bertz CT molecular complexity index is 692. The molecular formula is C17H23FN6O. The van der Waals surface area contributed by atoms with E-state index in [1.807, 2.05) is 17.9 Å². The highest BCUT2D eigenvalue weighted by Gasteiger charge is 2.23. The second-order valence-electron chi connectivity index (χ2n) is 6.37. The zero-order valence-electron chi connectivity index (χ0n) is 14.2. The summed E-state index contributed by atoms with van der Waals surface area (Å²) in [5.41, 5.74) is 0.592. The van der Waals surface area contributed by atoms with E-state index in [1.54, 1.807) is 23.1 Å². The minimum Gasteiger partial charge on any atom is -0.367 e. The third-order valence-electron chi connectivity index (χ3n) is 4.25. The number of hydrogen-bond acceptors (Lipinski definition) is 4. The van der Waals surface area contributed by atoms with E-state index in [0.29, 0.717) is 18.8 Å². The molecule has 0 bridgehead atoms. The van der Waals surface area contributed by atoms with E-state index in [0.717, 1.165) is 19.4 Å². The third-order valence-corrected chi connectivity index (χ3v) is 4.25. The van der Waals surface area contributed by atoms with Crippen molar-refractivity contribution < 1.29 is 9.18 Å². The first kappa shape index (κ1) is 17.2. The molecule has 1 aromatic carbocycles. The monoisotopic (exact) mass is 346 g/mol. The van der Waals surface area contributed by atoms with Crippen LogP contribution in [0.5, 0.6) is 0 Å². The molecule has 8 heteroatoms. The summed E-state index contributed by atoms with van der Waals surface area (Å²) in [5, 5.41) is 9.91. The Hall–Kier alpha value is -2.64. The summed E-state index contributed by atoms with van der Waals surface area (Å²) >= 11 is 0. The Labute approximate surface area is 146 Å². The zero-order chi connectivity index (χ0) is 17.6. The molecule has 134 valence electrons. The predicted molar refractivity (Wildman–Crippen MR) is 92.8 cm³/mol. The Morgan fingerprint density at radius 2 is 2.28 bits per heavy atom. The van der Waals surface area contributed by atoms with Gasteiger partial charge in [-0.2, -0.15) is 5.10 Å². The van der Waals surface area contributed by atoms with Crippen molar-refractivity contribution >= 4 is 11.7 Å². The van der Waals surface area contributed by atoms with Crippen molar-refractivity contribution in [1.29, 1.82) is 0 Å². The molecule has 2 unspecified atom stereocenters. The minimum atomic E-state index is -0.228. The van der Waals surface area contributed by atoms with E-state index < -0.39 is 0 Å². The first-order valence-corrected chi connectivity index (χ1v) is 8.50. The third kappa shape index (κ3) is 4.68. The lowest BCUT2D eigenvalue weighted by atomic mass is 10.0. The second-order valence-corrected chi connectivity index (χ2v) is 6.37. The number of anilines is 1. The van der Waals surface area contributed by atoms with Crippen LogP contribution in [-0.2, 0) is 6.54 Å². The first-order chi connectivity index (χ1) is 12.1. The molecule has 25 heavy (non-hydrogen) atoms. The van der Waals surface area contributed by atoms with Gasteiger partial charge in [0.2, 0.25) is 0 Å². The lowest BCUT2D eigenvalue weighted by molar-refractivity contribution is 0.230. The summed E-state index contributed by atoms with van der Waals surface area (Å²) < 4.78 is 15.6. The van der Waals surface area contributed by atoms with E-state index in [4.69, 9.17) is 0 Å². The van der Waals surface area contributed by atoms with Gasteiger partial charge in [0.25, 0.3) is 0 Å². The van der Waals surface area contributed by atoms with Gasteiger partial charge in [0.15, 0.2) is 0 Å². The number of hydrogen-bond donors (Lipinski definition) is 2. The minimum absolute atomic E-state index is 0.00748. The van der Waals surface area contributed by atoms with Crippen LogP contribution in [0.4, 0.5) is 14.9 Å². The lowest BCUT2D eigenvalue weighted by Crippen LogP contribution is -2.52. The largest absolute Gasteiger partial charge is 0.367 e. The molecule has 0 radical (unpaired) electrons. The molecule has 2 amide bonds. The maximum Gasteiger partial charge on any atom is 0.315 e. The summed E-state index contributed by atoms with van der Waals surface area (Å²) in [6.07, 6.45) is 4.87. The molecule has 2 N–H and O–H groups in total. The summed E-state index contributed by atoms with van der Waals surface area (Å²) in [6, 6.07) is 6.45. The number of carbonyl (C=O) groups is 1. The molecular weight excluding hydrogens is 323 g/mol. The molecule has 0 aliphatic carbocycles. The number of aromatic nitrogens is 3. The van der Waals surface area contributed by atoms with Gasteiger partial charge in [-0.3, -0.25) is 4.68 Å². The van der Waals surface area contributed by atoms with Gasteiger partial charge in [-0.25, -0.2) is 14.2 Å². The molecule has 0 saturated carbocycles. The molecule has 1 aromatic heterocycles. The fraction of sp³-hybridized carbons (Fsp3) is 0.471. The normalized spacial score (nSPS) is 18.6. The number of halogens is 1. The van der Waals surface area contributed by atoms with E-state index in [-0.39, 0.29) is 23.9 Å². The van der Waals surface area contributed by atoms with Gasteiger partial charge in [0.1, 0.15) is 18.5 Å². The van der Waals surface area contributed by atoms with Crippen LogP contribution < -0.4 is 15.5 Å². The number of carbonyl (C=O) groups excluding carboxylic acids is 1. The van der Waals surface area contributed by atoms with Crippen LogP contribution in [0.3, 0.4) is 0 Å². The maximum atomic E-state index is 14.0. The number of rotatable bonds is 5. The number of benzene rings is 1. The van der Waals surface area contributed by atoms with Crippen LogP contribution in [-0.4, -0.2) is 46.0 Å². The number of para-hydroxylation sites is 1. The zero-order valence-corrected chi connectivity index (χ0v) is 14.2. The highest BCUT2D eigenvalue weighted by Crippen LogP contribution is 2.22. The quantitative estimate of drug-likeness (QED) is 0.865. The van der Waals surface area contributed by atoms with E-state index in [1.165, 1.54) is 12.4 Å². The fourth-order valence-electron chi connectivity index (χ4n) is 3.13. The van der Waals surface area contributed by atoms with Gasteiger partial charge < -0.3 is 15.5 Å². The average Bonchev–Trinajstić information content (AvgIpc) is 3.08. The number of piperidine rings is 1. The van der Waals surface area contributed by atoms with Gasteiger partial charge in [-0.05, 0) is 31.9 Å². The molecule has 1 fully saturated rings. The van der Waals surface area contributed by atoms with Gasteiger partial charge in [0.05, 0.1) is 12.2 Å². The van der Waals surface area contributed by atoms with Crippen LogP contribution in [0.2, 0.25) is 0 Å². The summed E-state index contributed by atoms with van der Waals surface area (Å²) in [6.45, 7) is 3.86. The van der Waals surface area contributed by atoms with Crippen LogP contribution in [0, 0.1) is 5.82 Å². The van der Waals surface area contributed by atoms with Crippen molar-refractivity contribution in [3.8, 4) is 0 Å². The molecule has 2 aromatic rings. The molecule has 1 aliphatic rings. The van der Waals surface area contributed by atoms with Crippen molar-refractivity contribution in [3.63, 3.8) is 0 Å². The van der Waals surface area contributed by atoms with Crippen molar-refractivity contribution in [2.24, 2.45) is 0 Å². The SMILES string of the molecule is CC(Cn1cncn1)NC(=O)NC1CCCN(c2ccccc2F)C1. The van der Waals surface area contributed by atoms with Crippen LogP contribution in [0.1, 0.15) is 19.8 Å². The van der Waals surface area contributed by atoms with Crippen LogP contribution >= 0.6 is 0 Å². The van der Waals surface area contributed by atoms with Crippen molar-refractivity contribution in [2.75, 3.05) is 18.0 Å². The lowest BCUT2D eigenvalue weighted by Gasteiger charge is -2.35. The number of nitrogens with one attached hydrogen (secondary N) is 2. The molecule has 3 rings (SSSR count). The highest BCUT2D eigenvalue weighted by atomic mass is 19.1. The Balaban J connectivity index is 1.50. The van der Waals surface area contributed by atoms with E-state index in [9.17, 15) is 9.18 Å². The molecule has 2 atom stereocenters. The van der Waals surface area contributed by atoms with E-state index >= 15 is 0 Å². The molecule has 2 heterocycles. The smallest absolute Gasteiger partial charge is 0.315 e. The average molecular weight is 346 g/mol. The summed E-state index contributed by atoms with van der Waals surface area (Å²) in [7, 11) is 0. The number of amides is 2. The van der Waals surface area contributed by atoms with Crippen molar-refractivity contribution in [1.82, 2.24) is 25.4 Å².